The number of fused-ring (bicyclic) bond motifs is 1. The molecule has 1 saturated heterocycles. The summed E-state index contributed by atoms with van der Waals surface area (Å²) in [5.41, 5.74) is 1.32. The summed E-state index contributed by atoms with van der Waals surface area (Å²) < 4.78 is 13.8. The minimum Gasteiger partial charge on any atom is -0.465 e. The number of aryl methyl sites for hydroxylation is 1. The molecule has 2 aromatic heterocycles. The summed E-state index contributed by atoms with van der Waals surface area (Å²) in [6.07, 6.45) is 5.30. The topological polar surface area (TPSA) is 50.9 Å². The van der Waals surface area contributed by atoms with E-state index in [2.05, 4.69) is 33.9 Å². The number of furan rings is 1. The number of amides is 1. The SMILES string of the molecule is Cc1ccc(CN2Cc3cccn3C(CCOCC(=O)N3CCCC3)C2)o1. The molecule has 0 N–H and O–H groups in total. The van der Waals surface area contributed by atoms with E-state index in [1.807, 2.05) is 17.9 Å². The highest BCUT2D eigenvalue weighted by molar-refractivity contribution is 5.77. The molecule has 0 saturated carbocycles. The highest BCUT2D eigenvalue weighted by Gasteiger charge is 2.25. The van der Waals surface area contributed by atoms with Crippen molar-refractivity contribution in [1.29, 1.82) is 0 Å². The van der Waals surface area contributed by atoms with Crippen LogP contribution in [0.15, 0.2) is 34.9 Å². The van der Waals surface area contributed by atoms with Gasteiger partial charge in [0.25, 0.3) is 0 Å². The van der Waals surface area contributed by atoms with Crippen molar-refractivity contribution >= 4 is 5.91 Å². The Labute approximate surface area is 160 Å². The molecule has 0 spiro atoms. The van der Waals surface area contributed by atoms with Gasteiger partial charge in [-0.25, -0.2) is 0 Å². The van der Waals surface area contributed by atoms with Gasteiger partial charge >= 0.3 is 0 Å². The van der Waals surface area contributed by atoms with Crippen molar-refractivity contribution in [2.75, 3.05) is 32.8 Å². The summed E-state index contributed by atoms with van der Waals surface area (Å²) in [6, 6.07) is 8.74. The lowest BCUT2D eigenvalue weighted by Gasteiger charge is -2.34. The number of carbonyl (C=O) groups excluding carboxylic acids is 1. The Kier molecular flexibility index (Phi) is 5.64. The molecular weight excluding hydrogens is 342 g/mol. The molecular formula is C21H29N3O3. The average molecular weight is 371 g/mol. The zero-order valence-electron chi connectivity index (χ0n) is 16.1. The van der Waals surface area contributed by atoms with Gasteiger partial charge in [-0.15, -0.1) is 0 Å². The normalized spacial score (nSPS) is 20.2. The number of carbonyl (C=O) groups is 1. The second-order valence-electron chi connectivity index (χ2n) is 7.67. The third-order valence-corrected chi connectivity index (χ3v) is 5.57. The van der Waals surface area contributed by atoms with E-state index in [9.17, 15) is 4.79 Å². The van der Waals surface area contributed by atoms with Crippen molar-refractivity contribution in [3.8, 4) is 0 Å². The van der Waals surface area contributed by atoms with Gasteiger partial charge in [0.2, 0.25) is 5.91 Å². The molecule has 0 bridgehead atoms. The summed E-state index contributed by atoms with van der Waals surface area (Å²) in [4.78, 5) is 16.4. The van der Waals surface area contributed by atoms with E-state index in [4.69, 9.17) is 9.15 Å². The lowest BCUT2D eigenvalue weighted by atomic mass is 10.1. The van der Waals surface area contributed by atoms with Crippen molar-refractivity contribution in [2.24, 2.45) is 0 Å². The molecule has 1 fully saturated rings. The summed E-state index contributed by atoms with van der Waals surface area (Å²) >= 11 is 0. The van der Waals surface area contributed by atoms with Gasteiger partial charge in [-0.2, -0.15) is 0 Å². The number of hydrogen-bond donors (Lipinski definition) is 0. The van der Waals surface area contributed by atoms with Crippen molar-refractivity contribution in [3.05, 3.63) is 47.7 Å². The predicted octanol–water partition coefficient (Wildman–Crippen LogP) is 2.98. The maximum atomic E-state index is 12.1. The minimum absolute atomic E-state index is 0.132. The van der Waals surface area contributed by atoms with Gasteiger partial charge in [-0.3, -0.25) is 9.69 Å². The fourth-order valence-corrected chi connectivity index (χ4v) is 4.18. The zero-order valence-corrected chi connectivity index (χ0v) is 16.1. The summed E-state index contributed by atoms with van der Waals surface area (Å²) in [5.74, 6) is 2.10. The maximum absolute atomic E-state index is 12.1. The third kappa shape index (κ3) is 4.45. The zero-order chi connectivity index (χ0) is 18.6. The maximum Gasteiger partial charge on any atom is 0.248 e. The van der Waals surface area contributed by atoms with Gasteiger partial charge in [0.1, 0.15) is 18.1 Å². The van der Waals surface area contributed by atoms with Gasteiger partial charge in [0.05, 0.1) is 6.54 Å². The van der Waals surface area contributed by atoms with Crippen LogP contribution in [-0.2, 0) is 22.6 Å². The molecule has 6 heteroatoms. The Morgan fingerprint density at radius 1 is 1.26 bits per heavy atom. The number of hydrogen-bond acceptors (Lipinski definition) is 4. The molecule has 0 radical (unpaired) electrons. The van der Waals surface area contributed by atoms with E-state index in [0.29, 0.717) is 12.6 Å². The number of ether oxygens (including phenoxy) is 1. The van der Waals surface area contributed by atoms with Gasteiger partial charge in [-0.05, 0) is 50.5 Å². The van der Waals surface area contributed by atoms with E-state index in [1.54, 1.807) is 0 Å². The molecule has 27 heavy (non-hydrogen) atoms. The molecule has 2 aliphatic heterocycles. The number of nitrogens with zero attached hydrogens (tertiary/aromatic N) is 3. The number of rotatable bonds is 7. The second-order valence-corrected chi connectivity index (χ2v) is 7.67. The molecule has 6 nitrogen and oxygen atoms in total. The first-order valence-corrected chi connectivity index (χ1v) is 9.98. The fourth-order valence-electron chi connectivity index (χ4n) is 4.18. The first kappa shape index (κ1) is 18.3. The molecule has 0 aromatic carbocycles. The lowest BCUT2D eigenvalue weighted by molar-refractivity contribution is -0.135. The van der Waals surface area contributed by atoms with E-state index in [-0.39, 0.29) is 12.5 Å². The van der Waals surface area contributed by atoms with Crippen molar-refractivity contribution in [3.63, 3.8) is 0 Å². The van der Waals surface area contributed by atoms with Crippen molar-refractivity contribution in [1.82, 2.24) is 14.4 Å². The van der Waals surface area contributed by atoms with E-state index in [1.165, 1.54) is 5.69 Å². The monoisotopic (exact) mass is 371 g/mol. The number of likely N-dealkylation sites (tertiary alicyclic amines) is 1. The van der Waals surface area contributed by atoms with Gasteiger partial charge < -0.3 is 18.6 Å². The first-order chi connectivity index (χ1) is 13.2. The van der Waals surface area contributed by atoms with E-state index in [0.717, 1.165) is 63.5 Å². The summed E-state index contributed by atoms with van der Waals surface area (Å²) in [6.45, 7) is 7.29. The van der Waals surface area contributed by atoms with Crippen LogP contribution in [0.2, 0.25) is 0 Å². The van der Waals surface area contributed by atoms with E-state index < -0.39 is 0 Å². The Hall–Kier alpha value is -2.05. The average Bonchev–Trinajstić information content (AvgIpc) is 3.40. The smallest absolute Gasteiger partial charge is 0.248 e. The van der Waals surface area contributed by atoms with Crippen LogP contribution < -0.4 is 0 Å². The van der Waals surface area contributed by atoms with Crippen LogP contribution in [0, 0.1) is 6.92 Å². The quantitative estimate of drug-likeness (QED) is 0.702. The molecule has 1 unspecified atom stereocenters. The predicted molar refractivity (Wildman–Crippen MR) is 102 cm³/mol. The summed E-state index contributed by atoms with van der Waals surface area (Å²) in [7, 11) is 0. The largest absolute Gasteiger partial charge is 0.465 e. The Morgan fingerprint density at radius 3 is 2.89 bits per heavy atom. The van der Waals surface area contributed by atoms with E-state index >= 15 is 0 Å². The van der Waals surface area contributed by atoms with Crippen LogP contribution in [0.3, 0.4) is 0 Å². The fraction of sp³-hybridized carbons (Fsp3) is 0.571. The highest BCUT2D eigenvalue weighted by Crippen LogP contribution is 2.26. The van der Waals surface area contributed by atoms with Gasteiger partial charge in [0.15, 0.2) is 0 Å². The van der Waals surface area contributed by atoms with Crippen LogP contribution in [0.25, 0.3) is 0 Å². The van der Waals surface area contributed by atoms with Crippen LogP contribution in [0.1, 0.15) is 42.5 Å². The molecule has 4 rings (SSSR count). The van der Waals surface area contributed by atoms with Crippen LogP contribution >= 0.6 is 0 Å². The third-order valence-electron chi connectivity index (χ3n) is 5.57. The number of aromatic nitrogens is 1. The standard InChI is InChI=1S/C21H29N3O3/c1-17-6-7-20(27-17)15-22-13-18-5-4-11-24(18)19(14-22)8-12-26-16-21(25)23-9-2-3-10-23/h4-7,11,19H,2-3,8-10,12-16H2,1H3. The molecule has 1 atom stereocenters. The van der Waals surface area contributed by atoms with Crippen LogP contribution in [-0.4, -0.2) is 53.1 Å². The minimum atomic E-state index is 0.132. The molecule has 1 amide bonds. The Balaban J connectivity index is 1.29. The molecule has 0 aliphatic carbocycles. The highest BCUT2D eigenvalue weighted by atomic mass is 16.5. The van der Waals surface area contributed by atoms with Crippen molar-refractivity contribution in [2.45, 2.75) is 45.3 Å². The second kappa shape index (κ2) is 8.31. The van der Waals surface area contributed by atoms with Crippen LogP contribution in [0.5, 0.6) is 0 Å². The lowest BCUT2D eigenvalue weighted by Crippen LogP contribution is -2.37. The van der Waals surface area contributed by atoms with Gasteiger partial charge in [-0.1, -0.05) is 0 Å². The van der Waals surface area contributed by atoms with Crippen LogP contribution in [0.4, 0.5) is 0 Å². The first-order valence-electron chi connectivity index (χ1n) is 9.98. The molecule has 4 heterocycles. The summed E-state index contributed by atoms with van der Waals surface area (Å²) in [5, 5.41) is 0. The van der Waals surface area contributed by atoms with Crippen molar-refractivity contribution < 1.29 is 13.9 Å². The Bertz CT molecular complexity index is 760. The molecule has 2 aliphatic rings. The molecule has 146 valence electrons. The molecule has 2 aromatic rings. The Morgan fingerprint density at radius 2 is 2.11 bits per heavy atom. The van der Waals surface area contributed by atoms with Gasteiger partial charge in [0, 0.05) is 50.7 Å².